The molecule has 22 heavy (non-hydrogen) atoms. The van der Waals surface area contributed by atoms with Crippen molar-refractivity contribution in [2.24, 2.45) is 0 Å². The molecule has 0 amide bonds. The van der Waals surface area contributed by atoms with Crippen molar-refractivity contribution in [3.05, 3.63) is 51.9 Å². The van der Waals surface area contributed by atoms with Gasteiger partial charge in [-0.2, -0.15) is 16.8 Å². The van der Waals surface area contributed by atoms with Gasteiger partial charge in [-0.3, -0.25) is 24.1 Å². The Morgan fingerprint density at radius 2 is 1.59 bits per heavy atom. The van der Waals surface area contributed by atoms with Crippen LogP contribution in [0.3, 0.4) is 0 Å². The molecule has 1 aromatic carbocycles. The van der Waals surface area contributed by atoms with Crippen LogP contribution >= 0.6 is 0 Å². The molecular formula is C11H10N2O7S2. The highest BCUT2D eigenvalue weighted by Gasteiger charge is 2.18. The maximum absolute atomic E-state index is 11.4. The maximum Gasteiger partial charge on any atom is 0.295 e. The summed E-state index contributed by atoms with van der Waals surface area (Å²) < 4.78 is 62.9. The molecule has 0 atom stereocenters. The Hall–Kier alpha value is -2.21. The first kappa shape index (κ1) is 16.2. The molecule has 0 unspecified atom stereocenters. The standard InChI is InChI=1S/C11H10N2O7S2/c14-11-6-8(12-13-11)5-10(22(18,19)20)7-1-3-9(4-2-7)21(15,16)17/h1-6H,(H2,12,13,14)(H,15,16,17)(H,18,19,20). The third-order valence-corrected chi connectivity index (χ3v) is 4.40. The number of H-pyrrole nitrogens is 2. The van der Waals surface area contributed by atoms with E-state index in [0.29, 0.717) is 0 Å². The van der Waals surface area contributed by atoms with Gasteiger partial charge in [0.05, 0.1) is 10.6 Å². The van der Waals surface area contributed by atoms with Gasteiger partial charge in [-0.1, -0.05) is 12.1 Å². The fraction of sp³-hybridized carbons (Fsp3) is 0. The molecule has 0 fully saturated rings. The molecule has 11 heteroatoms. The number of aromatic amines is 2. The van der Waals surface area contributed by atoms with Crippen molar-refractivity contribution < 1.29 is 25.9 Å². The molecule has 0 spiro atoms. The summed E-state index contributed by atoms with van der Waals surface area (Å²) in [7, 11) is -9.06. The molecule has 0 aliphatic heterocycles. The van der Waals surface area contributed by atoms with Crippen molar-refractivity contribution in [1.82, 2.24) is 10.2 Å². The van der Waals surface area contributed by atoms with Gasteiger partial charge in [0.2, 0.25) is 0 Å². The summed E-state index contributed by atoms with van der Waals surface area (Å²) in [6, 6.07) is 5.20. The summed E-state index contributed by atoms with van der Waals surface area (Å²) in [5.74, 6) is 0. The Morgan fingerprint density at radius 1 is 1.00 bits per heavy atom. The average molecular weight is 346 g/mol. The van der Waals surface area contributed by atoms with E-state index in [9.17, 15) is 26.2 Å². The van der Waals surface area contributed by atoms with Crippen LogP contribution in [0.4, 0.5) is 0 Å². The van der Waals surface area contributed by atoms with E-state index in [0.717, 1.165) is 36.4 Å². The van der Waals surface area contributed by atoms with E-state index in [4.69, 9.17) is 4.55 Å². The van der Waals surface area contributed by atoms with Crippen LogP contribution in [0.15, 0.2) is 40.0 Å². The second-order valence-corrected chi connectivity index (χ2v) is 7.01. The van der Waals surface area contributed by atoms with Crippen molar-refractivity contribution in [3.63, 3.8) is 0 Å². The fourth-order valence-corrected chi connectivity index (χ4v) is 2.85. The Kier molecular flexibility index (Phi) is 4.06. The summed E-state index contributed by atoms with van der Waals surface area (Å²) in [5, 5.41) is 4.58. The van der Waals surface area contributed by atoms with Crippen molar-refractivity contribution >= 4 is 31.2 Å². The topological polar surface area (TPSA) is 157 Å². The molecule has 0 bridgehead atoms. The third kappa shape index (κ3) is 3.71. The van der Waals surface area contributed by atoms with Crippen molar-refractivity contribution in [1.29, 1.82) is 0 Å². The first-order valence-corrected chi connectivity index (χ1v) is 8.50. The molecule has 118 valence electrons. The lowest BCUT2D eigenvalue weighted by Crippen LogP contribution is -2.03. The Balaban J connectivity index is 2.57. The maximum atomic E-state index is 11.4. The highest BCUT2D eigenvalue weighted by atomic mass is 32.2. The molecule has 0 saturated heterocycles. The van der Waals surface area contributed by atoms with Gasteiger partial charge in [-0.25, -0.2) is 0 Å². The van der Waals surface area contributed by atoms with Crippen LogP contribution in [0.5, 0.6) is 0 Å². The fourth-order valence-electron chi connectivity index (χ4n) is 1.66. The van der Waals surface area contributed by atoms with Crippen LogP contribution in [0.2, 0.25) is 0 Å². The lowest BCUT2D eigenvalue weighted by atomic mass is 10.2. The van der Waals surface area contributed by atoms with E-state index >= 15 is 0 Å². The van der Waals surface area contributed by atoms with E-state index in [1.165, 1.54) is 0 Å². The van der Waals surface area contributed by atoms with E-state index in [1.807, 2.05) is 0 Å². The predicted octanol–water partition coefficient (Wildman–Crippen LogP) is 0.336. The minimum absolute atomic E-state index is 0.0306. The lowest BCUT2D eigenvalue weighted by Gasteiger charge is -2.05. The van der Waals surface area contributed by atoms with Gasteiger partial charge in [0, 0.05) is 6.07 Å². The number of rotatable bonds is 4. The van der Waals surface area contributed by atoms with Crippen LogP contribution in [0.1, 0.15) is 11.3 Å². The first-order valence-electron chi connectivity index (χ1n) is 5.62. The Bertz CT molecular complexity index is 980. The highest BCUT2D eigenvalue weighted by molar-refractivity contribution is 7.95. The SMILES string of the molecule is O=c1cc(C=C(c2ccc(S(=O)(=O)O)cc2)S(=O)(=O)O)[nH][nH]1. The quantitative estimate of drug-likeness (QED) is 0.581. The Morgan fingerprint density at radius 3 is 2.00 bits per heavy atom. The molecule has 0 aliphatic rings. The number of nitrogens with one attached hydrogen (secondary N) is 2. The molecule has 0 saturated carbocycles. The van der Waals surface area contributed by atoms with Gasteiger partial charge in [0.1, 0.15) is 4.91 Å². The van der Waals surface area contributed by atoms with Crippen LogP contribution in [-0.4, -0.2) is 36.1 Å². The number of hydrogen-bond acceptors (Lipinski definition) is 5. The Labute approximate surface area is 124 Å². The lowest BCUT2D eigenvalue weighted by molar-refractivity contribution is 0.483. The number of benzene rings is 1. The van der Waals surface area contributed by atoms with E-state index in [1.54, 1.807) is 0 Å². The van der Waals surface area contributed by atoms with Gasteiger partial charge < -0.3 is 0 Å². The molecule has 0 aliphatic carbocycles. The van der Waals surface area contributed by atoms with Crippen LogP contribution < -0.4 is 5.56 Å². The van der Waals surface area contributed by atoms with Crippen LogP contribution in [0.25, 0.3) is 11.0 Å². The van der Waals surface area contributed by atoms with E-state index < -0.39 is 35.6 Å². The largest absolute Gasteiger partial charge is 0.298 e. The summed E-state index contributed by atoms with van der Waals surface area (Å²) in [6.45, 7) is 0. The van der Waals surface area contributed by atoms with Crippen molar-refractivity contribution in [2.75, 3.05) is 0 Å². The second kappa shape index (κ2) is 5.53. The first-order chi connectivity index (χ1) is 10.1. The molecule has 2 aromatic rings. The second-order valence-electron chi connectivity index (χ2n) is 4.20. The molecule has 2 rings (SSSR count). The van der Waals surface area contributed by atoms with E-state index in [-0.39, 0.29) is 11.3 Å². The molecule has 4 N–H and O–H groups in total. The molecule has 9 nitrogen and oxygen atoms in total. The summed E-state index contributed by atoms with van der Waals surface area (Å²) in [5.41, 5.74) is -0.434. The zero-order chi connectivity index (χ0) is 16.5. The third-order valence-electron chi connectivity index (χ3n) is 2.62. The summed E-state index contributed by atoms with van der Waals surface area (Å²) >= 11 is 0. The minimum Gasteiger partial charge on any atom is -0.298 e. The predicted molar refractivity (Wildman–Crippen MR) is 77.1 cm³/mol. The van der Waals surface area contributed by atoms with Gasteiger partial charge in [0.25, 0.3) is 25.8 Å². The number of aromatic nitrogens is 2. The summed E-state index contributed by atoms with van der Waals surface area (Å²) in [4.78, 5) is 10.0. The van der Waals surface area contributed by atoms with Gasteiger partial charge in [-0.15, -0.1) is 0 Å². The van der Waals surface area contributed by atoms with Crippen LogP contribution in [-0.2, 0) is 20.2 Å². The molecular weight excluding hydrogens is 336 g/mol. The smallest absolute Gasteiger partial charge is 0.295 e. The molecule has 1 aromatic heterocycles. The zero-order valence-electron chi connectivity index (χ0n) is 10.7. The van der Waals surface area contributed by atoms with Crippen LogP contribution in [0, 0.1) is 0 Å². The summed E-state index contributed by atoms with van der Waals surface area (Å²) in [6.07, 6.45) is 0.996. The van der Waals surface area contributed by atoms with E-state index in [2.05, 4.69) is 10.2 Å². The monoisotopic (exact) mass is 346 g/mol. The van der Waals surface area contributed by atoms with Crippen molar-refractivity contribution in [3.8, 4) is 0 Å². The zero-order valence-corrected chi connectivity index (χ0v) is 12.3. The minimum atomic E-state index is -4.64. The average Bonchev–Trinajstić information content (AvgIpc) is 2.79. The van der Waals surface area contributed by atoms with Gasteiger partial charge in [0.15, 0.2) is 0 Å². The number of hydrogen-bond donors (Lipinski definition) is 4. The normalized spacial score (nSPS) is 13.3. The highest BCUT2D eigenvalue weighted by Crippen LogP contribution is 2.23. The van der Waals surface area contributed by atoms with Crippen molar-refractivity contribution in [2.45, 2.75) is 4.90 Å². The molecule has 0 radical (unpaired) electrons. The molecule has 1 heterocycles. The van der Waals surface area contributed by atoms with Gasteiger partial charge >= 0.3 is 0 Å². The van der Waals surface area contributed by atoms with Gasteiger partial charge in [-0.05, 0) is 23.8 Å².